The van der Waals surface area contributed by atoms with Crippen LogP contribution in [0.15, 0.2) is 12.1 Å². The maximum absolute atomic E-state index is 5.97. The minimum atomic E-state index is 0.393. The Kier molecular flexibility index (Phi) is 3.45. The molecular weight excluding hydrogens is 282 g/mol. The topological polar surface area (TPSA) is 75.0 Å². The monoisotopic (exact) mass is 303 g/mol. The summed E-state index contributed by atoms with van der Waals surface area (Å²) in [7, 11) is 0. The Balaban J connectivity index is 1.63. The summed E-state index contributed by atoms with van der Waals surface area (Å²) in [4.78, 5) is 5.82. The van der Waals surface area contributed by atoms with E-state index in [4.69, 9.17) is 5.73 Å². The van der Waals surface area contributed by atoms with Crippen molar-refractivity contribution < 1.29 is 0 Å². The molecule has 21 heavy (non-hydrogen) atoms. The molecule has 0 aromatic carbocycles. The third-order valence-electron chi connectivity index (χ3n) is 4.50. The number of pyridine rings is 1. The van der Waals surface area contributed by atoms with Gasteiger partial charge < -0.3 is 11.1 Å². The number of aromatic nitrogens is 1. The van der Waals surface area contributed by atoms with Gasteiger partial charge in [-0.1, -0.05) is 6.42 Å². The van der Waals surface area contributed by atoms with E-state index in [0.717, 1.165) is 36.6 Å². The summed E-state index contributed by atoms with van der Waals surface area (Å²) < 4.78 is 1.23. The Hall–Kier alpha value is -1.37. The van der Waals surface area contributed by atoms with Crippen LogP contribution in [0.4, 0.5) is 11.5 Å². The molecule has 0 bridgehead atoms. The zero-order valence-electron chi connectivity index (χ0n) is 12.0. The molecule has 5 N–H and O–H groups in total. The SMILES string of the molecule is Nc1cc(NCC2CCC2)c2sc(C3CCNN3)cc2n1. The molecule has 3 heterocycles. The van der Waals surface area contributed by atoms with Gasteiger partial charge in [0.25, 0.3) is 0 Å². The summed E-state index contributed by atoms with van der Waals surface area (Å²) in [5.74, 6) is 1.43. The molecule has 2 aromatic rings. The largest absolute Gasteiger partial charge is 0.384 e. The highest BCUT2D eigenvalue weighted by Crippen LogP contribution is 2.37. The van der Waals surface area contributed by atoms with Crippen molar-refractivity contribution >= 4 is 33.1 Å². The summed E-state index contributed by atoms with van der Waals surface area (Å²) in [5.41, 5.74) is 14.6. The molecule has 0 radical (unpaired) electrons. The van der Waals surface area contributed by atoms with Gasteiger partial charge in [-0.3, -0.25) is 5.43 Å². The number of hydrazine groups is 1. The lowest BCUT2D eigenvalue weighted by atomic mass is 9.85. The lowest BCUT2D eigenvalue weighted by Gasteiger charge is -2.26. The van der Waals surface area contributed by atoms with Gasteiger partial charge in [0.15, 0.2) is 0 Å². The number of anilines is 2. The molecular formula is C15H21N5S. The fraction of sp³-hybridized carbons (Fsp3) is 0.533. The maximum atomic E-state index is 5.97. The highest BCUT2D eigenvalue weighted by atomic mass is 32.1. The summed E-state index contributed by atoms with van der Waals surface area (Å²) in [6.07, 6.45) is 5.20. The number of nitrogens with zero attached hydrogens (tertiary/aromatic N) is 1. The number of nitrogens with one attached hydrogen (secondary N) is 3. The Morgan fingerprint density at radius 1 is 1.33 bits per heavy atom. The molecule has 1 atom stereocenters. The van der Waals surface area contributed by atoms with E-state index >= 15 is 0 Å². The Morgan fingerprint density at radius 2 is 2.24 bits per heavy atom. The van der Waals surface area contributed by atoms with Crippen LogP contribution in [0.2, 0.25) is 0 Å². The summed E-state index contributed by atoms with van der Waals surface area (Å²) in [6, 6.07) is 4.54. The van der Waals surface area contributed by atoms with E-state index in [1.165, 1.54) is 28.8 Å². The fourth-order valence-corrected chi connectivity index (χ4v) is 4.19. The molecule has 2 aromatic heterocycles. The predicted molar refractivity (Wildman–Crippen MR) is 88.4 cm³/mol. The first-order valence-electron chi connectivity index (χ1n) is 7.72. The Morgan fingerprint density at radius 3 is 2.95 bits per heavy atom. The average Bonchev–Trinajstić information content (AvgIpc) is 3.04. The van der Waals surface area contributed by atoms with E-state index in [1.807, 2.05) is 17.4 Å². The first-order chi connectivity index (χ1) is 10.3. The summed E-state index contributed by atoms with van der Waals surface area (Å²) >= 11 is 1.82. The molecule has 2 aliphatic rings. The van der Waals surface area contributed by atoms with Crippen molar-refractivity contribution in [2.24, 2.45) is 5.92 Å². The number of thiophene rings is 1. The van der Waals surface area contributed by atoms with Crippen LogP contribution in [-0.2, 0) is 0 Å². The molecule has 1 saturated heterocycles. The molecule has 0 amide bonds. The van der Waals surface area contributed by atoms with Gasteiger partial charge in [0.1, 0.15) is 5.82 Å². The second-order valence-corrected chi connectivity index (χ2v) is 7.13. The molecule has 6 heteroatoms. The number of nitrogens with two attached hydrogens (primary N) is 1. The smallest absolute Gasteiger partial charge is 0.126 e. The second kappa shape index (κ2) is 5.44. The van der Waals surface area contributed by atoms with Crippen molar-refractivity contribution in [1.29, 1.82) is 0 Å². The first kappa shape index (κ1) is 13.3. The van der Waals surface area contributed by atoms with E-state index in [-0.39, 0.29) is 0 Å². The number of nitrogen functional groups attached to an aromatic ring is 1. The maximum Gasteiger partial charge on any atom is 0.126 e. The van der Waals surface area contributed by atoms with E-state index < -0.39 is 0 Å². The lowest BCUT2D eigenvalue weighted by molar-refractivity contribution is 0.333. The quantitative estimate of drug-likeness (QED) is 0.699. The number of fused-ring (bicyclic) bond motifs is 1. The standard InChI is InChI=1S/C15H21N5S/c16-14-7-11(17-8-9-2-1-3-9)15-12(19-14)6-13(21-15)10-4-5-18-20-10/h6-7,9-10,18,20H,1-5,8H2,(H3,16,17,19). The Labute approximate surface area is 128 Å². The Bertz CT molecular complexity index is 643. The van der Waals surface area contributed by atoms with Crippen LogP contribution in [0.1, 0.15) is 36.6 Å². The second-order valence-electron chi connectivity index (χ2n) is 6.05. The van der Waals surface area contributed by atoms with E-state index in [0.29, 0.717) is 11.9 Å². The number of rotatable bonds is 4. The van der Waals surface area contributed by atoms with Crippen LogP contribution in [0.25, 0.3) is 10.2 Å². The fourth-order valence-electron chi connectivity index (χ4n) is 3.01. The average molecular weight is 303 g/mol. The minimum Gasteiger partial charge on any atom is -0.384 e. The number of hydrogen-bond acceptors (Lipinski definition) is 6. The van der Waals surface area contributed by atoms with E-state index in [1.54, 1.807) is 0 Å². The van der Waals surface area contributed by atoms with Gasteiger partial charge in [-0.25, -0.2) is 10.4 Å². The first-order valence-corrected chi connectivity index (χ1v) is 8.53. The van der Waals surface area contributed by atoms with Crippen molar-refractivity contribution in [2.75, 3.05) is 24.1 Å². The van der Waals surface area contributed by atoms with E-state index in [2.05, 4.69) is 27.2 Å². The highest BCUT2D eigenvalue weighted by molar-refractivity contribution is 7.19. The van der Waals surface area contributed by atoms with Gasteiger partial charge in [-0.05, 0) is 31.2 Å². The van der Waals surface area contributed by atoms with Crippen LogP contribution in [0.5, 0.6) is 0 Å². The van der Waals surface area contributed by atoms with Gasteiger partial charge in [0.2, 0.25) is 0 Å². The van der Waals surface area contributed by atoms with Crippen LogP contribution in [0, 0.1) is 5.92 Å². The van der Waals surface area contributed by atoms with Crippen molar-refractivity contribution in [2.45, 2.75) is 31.7 Å². The van der Waals surface area contributed by atoms with Gasteiger partial charge in [-0.2, -0.15) is 0 Å². The van der Waals surface area contributed by atoms with Crippen LogP contribution in [0.3, 0.4) is 0 Å². The summed E-state index contributed by atoms with van der Waals surface area (Å²) in [5, 5.41) is 3.59. The third-order valence-corrected chi connectivity index (χ3v) is 5.77. The van der Waals surface area contributed by atoms with Crippen LogP contribution >= 0.6 is 11.3 Å². The molecule has 5 nitrogen and oxygen atoms in total. The van der Waals surface area contributed by atoms with E-state index in [9.17, 15) is 0 Å². The van der Waals surface area contributed by atoms with Crippen molar-refractivity contribution in [1.82, 2.24) is 15.8 Å². The molecule has 2 fully saturated rings. The zero-order valence-corrected chi connectivity index (χ0v) is 12.8. The van der Waals surface area contributed by atoms with Crippen molar-refractivity contribution in [3.63, 3.8) is 0 Å². The van der Waals surface area contributed by atoms with Gasteiger partial charge in [0.05, 0.1) is 21.9 Å². The zero-order chi connectivity index (χ0) is 14.2. The number of hydrogen-bond donors (Lipinski definition) is 4. The highest BCUT2D eigenvalue weighted by Gasteiger charge is 2.21. The van der Waals surface area contributed by atoms with Gasteiger partial charge >= 0.3 is 0 Å². The normalized spacial score (nSPS) is 22.6. The lowest BCUT2D eigenvalue weighted by Crippen LogP contribution is -2.24. The molecule has 0 spiro atoms. The molecule has 112 valence electrons. The molecule has 1 aliphatic carbocycles. The van der Waals surface area contributed by atoms with Crippen molar-refractivity contribution in [3.05, 3.63) is 17.0 Å². The van der Waals surface area contributed by atoms with Gasteiger partial charge in [-0.15, -0.1) is 11.3 Å². The molecule has 4 rings (SSSR count). The van der Waals surface area contributed by atoms with Crippen LogP contribution < -0.4 is 21.9 Å². The predicted octanol–water partition coefficient (Wildman–Crippen LogP) is 2.63. The molecule has 1 aliphatic heterocycles. The third kappa shape index (κ3) is 2.59. The minimum absolute atomic E-state index is 0.393. The summed E-state index contributed by atoms with van der Waals surface area (Å²) in [6.45, 7) is 2.07. The van der Waals surface area contributed by atoms with Crippen molar-refractivity contribution in [3.8, 4) is 0 Å². The van der Waals surface area contributed by atoms with Crippen LogP contribution in [-0.4, -0.2) is 18.1 Å². The molecule has 1 saturated carbocycles. The van der Waals surface area contributed by atoms with Gasteiger partial charge in [0, 0.05) is 24.0 Å². The molecule has 1 unspecified atom stereocenters.